The molecule has 0 radical (unpaired) electrons. The normalized spacial score (nSPS) is 14.7. The van der Waals surface area contributed by atoms with Crippen molar-refractivity contribution in [1.29, 1.82) is 0 Å². The Morgan fingerprint density at radius 1 is 1.07 bits per heavy atom. The van der Waals surface area contributed by atoms with Crippen LogP contribution in [0.1, 0.15) is 15.4 Å². The first kappa shape index (κ1) is 20.8. The summed E-state index contributed by atoms with van der Waals surface area (Å²) in [5.74, 6) is 0.691. The average molecular weight is 442 g/mol. The van der Waals surface area contributed by atoms with E-state index >= 15 is 0 Å². The Kier molecular flexibility index (Phi) is 6.32. The van der Waals surface area contributed by atoms with Crippen molar-refractivity contribution in [2.75, 3.05) is 45.2 Å². The van der Waals surface area contributed by atoms with Crippen molar-refractivity contribution in [3.05, 3.63) is 64.1 Å². The van der Waals surface area contributed by atoms with Crippen LogP contribution in [-0.4, -0.2) is 66.2 Å². The number of halogens is 1. The maximum absolute atomic E-state index is 12.7. The summed E-state index contributed by atoms with van der Waals surface area (Å²) in [6, 6.07) is 15.9. The molecule has 156 valence electrons. The van der Waals surface area contributed by atoms with Gasteiger partial charge in [-0.1, -0.05) is 23.7 Å². The Bertz CT molecular complexity index is 1010. The van der Waals surface area contributed by atoms with E-state index in [0.29, 0.717) is 18.8 Å². The first-order valence-corrected chi connectivity index (χ1v) is 11.1. The molecule has 1 aromatic carbocycles. The zero-order valence-electron chi connectivity index (χ0n) is 17.1. The molecular formula is C22H24ClN5OS. The van der Waals surface area contributed by atoms with Gasteiger partial charge in [-0.25, -0.2) is 0 Å². The molecule has 0 atom stereocenters. The van der Waals surface area contributed by atoms with Gasteiger partial charge in [0.05, 0.1) is 0 Å². The van der Waals surface area contributed by atoms with Crippen molar-refractivity contribution in [2.45, 2.75) is 6.54 Å². The second-order valence-corrected chi connectivity index (χ2v) is 9.12. The van der Waals surface area contributed by atoms with Crippen LogP contribution < -0.4 is 4.90 Å². The van der Waals surface area contributed by atoms with E-state index in [1.807, 2.05) is 48.2 Å². The smallest absolute Gasteiger partial charge is 0.274 e. The molecular weight excluding hydrogens is 418 g/mol. The SMILES string of the molecule is CN(C)c1ccc(C(=O)N2CCN(Cc3ccc(-c4cccc(Cl)c4)s3)CC2)nn1. The zero-order chi connectivity index (χ0) is 21.1. The van der Waals surface area contributed by atoms with E-state index in [2.05, 4.69) is 33.3 Å². The topological polar surface area (TPSA) is 52.6 Å². The van der Waals surface area contributed by atoms with Gasteiger partial charge in [-0.2, -0.15) is 0 Å². The number of rotatable bonds is 5. The van der Waals surface area contributed by atoms with Gasteiger partial charge in [-0.3, -0.25) is 9.69 Å². The van der Waals surface area contributed by atoms with Gasteiger partial charge in [0, 0.05) is 61.6 Å². The highest BCUT2D eigenvalue weighted by Gasteiger charge is 2.23. The van der Waals surface area contributed by atoms with Crippen LogP contribution in [-0.2, 0) is 6.54 Å². The predicted octanol–water partition coefficient (Wildman–Crippen LogP) is 3.88. The molecule has 0 N–H and O–H groups in total. The van der Waals surface area contributed by atoms with Crippen molar-refractivity contribution in [1.82, 2.24) is 20.0 Å². The number of aromatic nitrogens is 2. The lowest BCUT2D eigenvalue weighted by Crippen LogP contribution is -2.48. The fourth-order valence-corrected chi connectivity index (χ4v) is 4.67. The quantitative estimate of drug-likeness (QED) is 0.601. The fourth-order valence-electron chi connectivity index (χ4n) is 3.43. The third-order valence-corrected chi connectivity index (χ3v) is 6.49. The van der Waals surface area contributed by atoms with Crippen LogP contribution in [0.3, 0.4) is 0 Å². The van der Waals surface area contributed by atoms with Gasteiger partial charge in [-0.05, 0) is 42.0 Å². The van der Waals surface area contributed by atoms with Gasteiger partial charge in [0.1, 0.15) is 0 Å². The monoisotopic (exact) mass is 441 g/mol. The zero-order valence-corrected chi connectivity index (χ0v) is 18.7. The molecule has 0 spiro atoms. The number of amides is 1. The summed E-state index contributed by atoms with van der Waals surface area (Å²) < 4.78 is 0. The molecule has 2 aromatic heterocycles. The minimum absolute atomic E-state index is 0.0492. The molecule has 30 heavy (non-hydrogen) atoms. The minimum Gasteiger partial charge on any atom is -0.361 e. The van der Waals surface area contributed by atoms with Gasteiger partial charge >= 0.3 is 0 Å². The Labute approximate surface area is 185 Å². The minimum atomic E-state index is -0.0492. The number of carbonyl (C=O) groups is 1. The molecule has 8 heteroatoms. The summed E-state index contributed by atoms with van der Waals surface area (Å²) >= 11 is 7.91. The predicted molar refractivity (Wildman–Crippen MR) is 122 cm³/mol. The molecule has 1 fully saturated rings. The third kappa shape index (κ3) is 4.80. The van der Waals surface area contributed by atoms with Gasteiger partial charge < -0.3 is 9.80 Å². The number of benzene rings is 1. The van der Waals surface area contributed by atoms with Crippen molar-refractivity contribution in [2.24, 2.45) is 0 Å². The van der Waals surface area contributed by atoms with Crippen LogP contribution in [0.2, 0.25) is 5.02 Å². The molecule has 3 heterocycles. The number of piperazine rings is 1. The largest absolute Gasteiger partial charge is 0.361 e. The summed E-state index contributed by atoms with van der Waals surface area (Å²) in [5.41, 5.74) is 1.55. The number of hydrogen-bond donors (Lipinski definition) is 0. The molecule has 1 aliphatic heterocycles. The van der Waals surface area contributed by atoms with Gasteiger partial charge in [0.15, 0.2) is 11.5 Å². The summed E-state index contributed by atoms with van der Waals surface area (Å²) in [4.78, 5) is 21.4. The van der Waals surface area contributed by atoms with E-state index in [9.17, 15) is 4.79 Å². The Hall–Kier alpha value is -2.48. The first-order valence-electron chi connectivity index (χ1n) is 9.87. The molecule has 3 aromatic rings. The van der Waals surface area contributed by atoms with Crippen molar-refractivity contribution < 1.29 is 4.79 Å². The van der Waals surface area contributed by atoms with Crippen LogP contribution in [0.25, 0.3) is 10.4 Å². The van der Waals surface area contributed by atoms with E-state index in [1.54, 1.807) is 17.4 Å². The first-order chi connectivity index (χ1) is 14.5. The number of carbonyl (C=O) groups excluding carboxylic acids is 1. The number of nitrogens with zero attached hydrogens (tertiary/aromatic N) is 5. The highest BCUT2D eigenvalue weighted by Crippen LogP contribution is 2.30. The fraction of sp³-hybridized carbons (Fsp3) is 0.318. The highest BCUT2D eigenvalue weighted by molar-refractivity contribution is 7.15. The lowest BCUT2D eigenvalue weighted by Gasteiger charge is -2.34. The lowest BCUT2D eigenvalue weighted by atomic mass is 10.2. The lowest BCUT2D eigenvalue weighted by molar-refractivity contribution is 0.0623. The Balaban J connectivity index is 1.32. The van der Waals surface area contributed by atoms with E-state index in [0.717, 1.165) is 36.0 Å². The molecule has 0 unspecified atom stereocenters. The third-order valence-electron chi connectivity index (χ3n) is 5.14. The molecule has 1 aliphatic rings. The molecule has 4 rings (SSSR count). The van der Waals surface area contributed by atoms with E-state index in [1.165, 1.54) is 9.75 Å². The average Bonchev–Trinajstić information content (AvgIpc) is 3.22. The highest BCUT2D eigenvalue weighted by atomic mass is 35.5. The van der Waals surface area contributed by atoms with Crippen LogP contribution in [0.15, 0.2) is 48.5 Å². The Morgan fingerprint density at radius 2 is 1.87 bits per heavy atom. The van der Waals surface area contributed by atoms with Crippen LogP contribution in [0.5, 0.6) is 0 Å². The standard InChI is InChI=1S/C22H24ClN5OS/c1-26(2)21-9-7-19(24-25-21)22(29)28-12-10-27(11-13-28)15-18-6-8-20(30-18)16-4-3-5-17(23)14-16/h3-9,14H,10-13,15H2,1-2H3. The molecule has 0 aliphatic carbocycles. The van der Waals surface area contributed by atoms with Crippen LogP contribution >= 0.6 is 22.9 Å². The van der Waals surface area contributed by atoms with E-state index in [4.69, 9.17) is 11.6 Å². The van der Waals surface area contributed by atoms with E-state index < -0.39 is 0 Å². The maximum atomic E-state index is 12.7. The number of anilines is 1. The summed E-state index contributed by atoms with van der Waals surface area (Å²) in [6.45, 7) is 3.98. The van der Waals surface area contributed by atoms with E-state index in [-0.39, 0.29) is 5.91 Å². The molecule has 0 saturated carbocycles. The van der Waals surface area contributed by atoms with Gasteiger partial charge in [0.2, 0.25) is 0 Å². The van der Waals surface area contributed by atoms with Gasteiger partial charge in [0.25, 0.3) is 5.91 Å². The summed E-state index contributed by atoms with van der Waals surface area (Å²) in [7, 11) is 3.80. The van der Waals surface area contributed by atoms with Crippen molar-refractivity contribution >= 4 is 34.7 Å². The van der Waals surface area contributed by atoms with Gasteiger partial charge in [-0.15, -0.1) is 21.5 Å². The molecule has 1 amide bonds. The summed E-state index contributed by atoms with van der Waals surface area (Å²) in [6.07, 6.45) is 0. The van der Waals surface area contributed by atoms with Crippen LogP contribution in [0, 0.1) is 0 Å². The number of thiophene rings is 1. The Morgan fingerprint density at radius 3 is 2.53 bits per heavy atom. The summed E-state index contributed by atoms with van der Waals surface area (Å²) in [5, 5.41) is 8.96. The molecule has 0 bridgehead atoms. The van der Waals surface area contributed by atoms with Crippen LogP contribution in [0.4, 0.5) is 5.82 Å². The second-order valence-electron chi connectivity index (χ2n) is 7.52. The number of hydrogen-bond acceptors (Lipinski definition) is 6. The maximum Gasteiger partial charge on any atom is 0.274 e. The van der Waals surface area contributed by atoms with Crippen molar-refractivity contribution in [3.63, 3.8) is 0 Å². The van der Waals surface area contributed by atoms with Crippen molar-refractivity contribution in [3.8, 4) is 10.4 Å². The molecule has 1 saturated heterocycles. The second kappa shape index (κ2) is 9.12. The molecule has 6 nitrogen and oxygen atoms in total.